The number of nitrogens with two attached hydrogens (primary N) is 1. The lowest BCUT2D eigenvalue weighted by atomic mass is 10.1. The molecule has 10 heteroatoms. The van der Waals surface area contributed by atoms with Gasteiger partial charge >= 0.3 is 0 Å². The summed E-state index contributed by atoms with van der Waals surface area (Å²) >= 11 is 0. The van der Waals surface area contributed by atoms with Gasteiger partial charge in [0.25, 0.3) is 5.56 Å². The molecule has 146 valence electrons. The minimum Gasteiger partial charge on any atom is -0.381 e. The van der Waals surface area contributed by atoms with Crippen LogP contribution in [0.15, 0.2) is 41.3 Å². The molecule has 0 aliphatic carbocycles. The number of aromatic nitrogens is 6. The zero-order chi connectivity index (χ0) is 20.4. The molecule has 10 nitrogen and oxygen atoms in total. The minimum atomic E-state index is -0.243. The normalized spacial score (nSPS) is 10.9. The Labute approximate surface area is 165 Å². The molecule has 0 aliphatic heterocycles. The summed E-state index contributed by atoms with van der Waals surface area (Å²) in [5, 5.41) is 20.5. The van der Waals surface area contributed by atoms with Crippen LogP contribution in [0.25, 0.3) is 16.7 Å². The van der Waals surface area contributed by atoms with Gasteiger partial charge in [-0.05, 0) is 25.0 Å². The summed E-state index contributed by atoms with van der Waals surface area (Å²) < 4.78 is 1.65. The first-order valence-electron chi connectivity index (χ1n) is 9.06. The lowest BCUT2D eigenvalue weighted by Gasteiger charge is -2.17. The molecule has 0 amide bonds. The van der Waals surface area contributed by atoms with E-state index in [1.807, 2.05) is 42.3 Å². The molecule has 29 heavy (non-hydrogen) atoms. The second kappa shape index (κ2) is 7.47. The van der Waals surface area contributed by atoms with Gasteiger partial charge in [-0.15, -0.1) is 0 Å². The van der Waals surface area contributed by atoms with Gasteiger partial charge in [0.15, 0.2) is 11.5 Å². The van der Waals surface area contributed by atoms with Crippen molar-refractivity contribution in [2.45, 2.75) is 12.8 Å². The molecule has 0 aliphatic rings. The number of hydrogen-bond donors (Lipinski definition) is 3. The highest BCUT2D eigenvalue weighted by atomic mass is 16.1. The Balaban J connectivity index is 1.55. The van der Waals surface area contributed by atoms with Crippen LogP contribution in [0.3, 0.4) is 0 Å². The van der Waals surface area contributed by atoms with Crippen molar-refractivity contribution in [2.75, 3.05) is 24.2 Å². The Hall–Kier alpha value is -4.13. The van der Waals surface area contributed by atoms with Gasteiger partial charge in [0, 0.05) is 13.6 Å². The number of nitrogens with zero attached hydrogens (tertiary/aromatic N) is 6. The van der Waals surface area contributed by atoms with Gasteiger partial charge in [-0.3, -0.25) is 14.9 Å². The number of nitrogen functional groups attached to an aromatic ring is 1. The summed E-state index contributed by atoms with van der Waals surface area (Å²) in [4.78, 5) is 21.8. The number of aryl methyl sites for hydroxylation is 1. The standard InChI is InChI=1S/C19H19N9O/c1-27(9-5-8-15-13(10-20)16(21)26-25-15)19-23-17-14(18(29)24-19)11-22-28(17)12-6-3-2-4-7-12/h2-4,6-7,11H,5,8-9H2,1H3,(H3,21,25,26)(H,23,24,29). The predicted molar refractivity (Wildman–Crippen MR) is 109 cm³/mol. The number of nitriles is 1. The van der Waals surface area contributed by atoms with Crippen molar-refractivity contribution in [3.05, 3.63) is 58.1 Å². The minimum absolute atomic E-state index is 0.210. The predicted octanol–water partition coefficient (Wildman–Crippen LogP) is 1.35. The highest BCUT2D eigenvalue weighted by molar-refractivity contribution is 5.76. The van der Waals surface area contributed by atoms with Gasteiger partial charge in [0.05, 0.1) is 17.6 Å². The monoisotopic (exact) mass is 389 g/mol. The fourth-order valence-electron chi connectivity index (χ4n) is 3.14. The molecule has 0 spiro atoms. The largest absolute Gasteiger partial charge is 0.381 e. The van der Waals surface area contributed by atoms with Crippen LogP contribution >= 0.6 is 0 Å². The summed E-state index contributed by atoms with van der Waals surface area (Å²) in [7, 11) is 1.85. The molecule has 4 N–H and O–H groups in total. The Morgan fingerprint density at radius 2 is 2.10 bits per heavy atom. The molecule has 0 fully saturated rings. The van der Waals surface area contributed by atoms with Crippen LogP contribution in [0.1, 0.15) is 17.7 Å². The van der Waals surface area contributed by atoms with E-state index in [4.69, 9.17) is 11.0 Å². The van der Waals surface area contributed by atoms with Crippen LogP contribution in [0.5, 0.6) is 0 Å². The van der Waals surface area contributed by atoms with E-state index in [1.165, 1.54) is 6.20 Å². The number of hydrogen-bond acceptors (Lipinski definition) is 7. The first-order chi connectivity index (χ1) is 14.1. The lowest BCUT2D eigenvalue weighted by molar-refractivity contribution is 0.749. The van der Waals surface area contributed by atoms with E-state index in [0.29, 0.717) is 47.6 Å². The molecule has 0 saturated carbocycles. The third-order valence-electron chi connectivity index (χ3n) is 4.69. The summed E-state index contributed by atoms with van der Waals surface area (Å²) in [6, 6.07) is 11.6. The van der Waals surface area contributed by atoms with Crippen LogP contribution in [-0.4, -0.2) is 43.5 Å². The van der Waals surface area contributed by atoms with Gasteiger partial charge < -0.3 is 10.6 Å². The van der Waals surface area contributed by atoms with Gasteiger partial charge in [-0.1, -0.05) is 18.2 Å². The molecule has 4 rings (SSSR count). The second-order valence-electron chi connectivity index (χ2n) is 6.62. The molecule has 0 atom stereocenters. The molecule has 0 unspecified atom stereocenters. The van der Waals surface area contributed by atoms with Crippen molar-refractivity contribution in [3.63, 3.8) is 0 Å². The first-order valence-corrected chi connectivity index (χ1v) is 9.06. The number of anilines is 2. The van der Waals surface area contributed by atoms with Crippen LogP contribution in [-0.2, 0) is 6.42 Å². The van der Waals surface area contributed by atoms with Gasteiger partial charge in [0.2, 0.25) is 5.95 Å². The van der Waals surface area contributed by atoms with Crippen molar-refractivity contribution >= 4 is 22.8 Å². The maximum absolute atomic E-state index is 12.5. The lowest BCUT2D eigenvalue weighted by Crippen LogP contribution is -2.24. The Morgan fingerprint density at radius 1 is 1.31 bits per heavy atom. The van der Waals surface area contributed by atoms with Crippen LogP contribution in [0.4, 0.5) is 11.8 Å². The number of rotatable bonds is 6. The maximum Gasteiger partial charge on any atom is 0.263 e. The van der Waals surface area contributed by atoms with E-state index in [9.17, 15) is 4.79 Å². The highest BCUT2D eigenvalue weighted by Crippen LogP contribution is 2.17. The topological polar surface area (TPSA) is 145 Å². The summed E-state index contributed by atoms with van der Waals surface area (Å²) in [6.45, 7) is 0.609. The molecule has 0 saturated heterocycles. The van der Waals surface area contributed by atoms with Gasteiger partial charge in [0.1, 0.15) is 17.0 Å². The average Bonchev–Trinajstić information content (AvgIpc) is 3.32. The zero-order valence-electron chi connectivity index (χ0n) is 15.8. The van der Waals surface area contributed by atoms with Crippen molar-refractivity contribution in [2.24, 2.45) is 0 Å². The highest BCUT2D eigenvalue weighted by Gasteiger charge is 2.14. The van der Waals surface area contributed by atoms with E-state index >= 15 is 0 Å². The van der Waals surface area contributed by atoms with Crippen LogP contribution in [0, 0.1) is 11.3 Å². The fraction of sp³-hybridized carbons (Fsp3) is 0.211. The first kappa shape index (κ1) is 18.2. The molecule has 0 bridgehead atoms. The fourth-order valence-corrected chi connectivity index (χ4v) is 3.14. The zero-order valence-corrected chi connectivity index (χ0v) is 15.8. The van der Waals surface area contributed by atoms with E-state index in [0.717, 1.165) is 5.69 Å². The van der Waals surface area contributed by atoms with Gasteiger partial charge in [-0.2, -0.15) is 20.4 Å². The maximum atomic E-state index is 12.5. The molecular weight excluding hydrogens is 370 g/mol. The van der Waals surface area contributed by atoms with E-state index in [-0.39, 0.29) is 11.4 Å². The Bertz CT molecular complexity index is 1250. The molecule has 3 aromatic heterocycles. The summed E-state index contributed by atoms with van der Waals surface area (Å²) in [5.74, 6) is 0.659. The number of benzene rings is 1. The second-order valence-corrected chi connectivity index (χ2v) is 6.62. The van der Waals surface area contributed by atoms with E-state index in [1.54, 1.807) is 4.68 Å². The summed E-state index contributed by atoms with van der Waals surface area (Å²) in [6.07, 6.45) is 2.84. The average molecular weight is 389 g/mol. The van der Waals surface area contributed by atoms with Crippen LogP contribution in [0.2, 0.25) is 0 Å². The van der Waals surface area contributed by atoms with Crippen LogP contribution < -0.4 is 16.2 Å². The van der Waals surface area contributed by atoms with Crippen molar-refractivity contribution in [3.8, 4) is 11.8 Å². The molecule has 4 aromatic rings. The quantitative estimate of drug-likeness (QED) is 0.451. The molecular formula is C19H19N9O. The van der Waals surface area contributed by atoms with E-state index < -0.39 is 0 Å². The third-order valence-corrected chi connectivity index (χ3v) is 4.69. The Kier molecular flexibility index (Phi) is 4.70. The van der Waals surface area contributed by atoms with Crippen molar-refractivity contribution in [1.82, 2.24) is 29.9 Å². The number of para-hydroxylation sites is 1. The molecule has 1 aromatic carbocycles. The molecule has 3 heterocycles. The van der Waals surface area contributed by atoms with Gasteiger partial charge in [-0.25, -0.2) is 4.68 Å². The van der Waals surface area contributed by atoms with E-state index in [2.05, 4.69) is 31.3 Å². The summed E-state index contributed by atoms with van der Waals surface area (Å²) in [5.41, 5.74) is 7.83. The third kappa shape index (κ3) is 3.41. The number of H-pyrrole nitrogens is 2. The van der Waals surface area contributed by atoms with Crippen molar-refractivity contribution in [1.29, 1.82) is 5.26 Å². The smallest absolute Gasteiger partial charge is 0.263 e. The number of fused-ring (bicyclic) bond motifs is 1. The SMILES string of the molecule is CN(CCCc1[nH]nc(N)c1C#N)c1nc2c(cnn2-c2ccccc2)c(=O)[nH]1. The molecule has 0 radical (unpaired) electrons. The number of aromatic amines is 2. The Morgan fingerprint density at radius 3 is 2.86 bits per heavy atom. The number of nitrogens with one attached hydrogen (secondary N) is 2. The van der Waals surface area contributed by atoms with Crippen molar-refractivity contribution < 1.29 is 0 Å².